The van der Waals surface area contributed by atoms with Crippen molar-refractivity contribution in [2.24, 2.45) is 10.4 Å². The molecule has 0 aliphatic carbocycles. The van der Waals surface area contributed by atoms with Crippen LogP contribution >= 0.6 is 0 Å². The Morgan fingerprint density at radius 1 is 1.50 bits per heavy atom. The van der Waals surface area contributed by atoms with E-state index in [1.54, 1.807) is 6.92 Å². The van der Waals surface area contributed by atoms with E-state index in [9.17, 15) is 14.7 Å². The third kappa shape index (κ3) is 3.67. The number of rotatable bonds is 5. The SMILES string of the molecule is C=C(C)CC1(CCCC)C(=O)NC(=O)N=C1[O-].[Na+]. The number of urea groups is 1. The van der Waals surface area contributed by atoms with Crippen molar-refractivity contribution in [3.8, 4) is 0 Å². The fourth-order valence-corrected chi connectivity index (χ4v) is 2.00. The van der Waals surface area contributed by atoms with E-state index < -0.39 is 23.3 Å². The van der Waals surface area contributed by atoms with Gasteiger partial charge in [-0.2, -0.15) is 0 Å². The minimum atomic E-state index is -1.23. The normalized spacial score (nSPS) is 22.9. The van der Waals surface area contributed by atoms with Gasteiger partial charge in [-0.25, -0.2) is 9.79 Å². The molecule has 3 amide bonds. The Bertz CT molecular complexity index is 393. The number of carbonyl (C=O) groups is 2. The summed E-state index contributed by atoms with van der Waals surface area (Å²) in [4.78, 5) is 26.3. The zero-order valence-corrected chi connectivity index (χ0v) is 13.2. The van der Waals surface area contributed by atoms with Crippen molar-refractivity contribution < 1.29 is 44.3 Å². The summed E-state index contributed by atoms with van der Waals surface area (Å²) < 4.78 is 0. The monoisotopic (exact) mass is 260 g/mol. The number of carbonyl (C=O) groups excluding carboxylic acids is 2. The molecule has 1 rings (SSSR count). The third-order valence-electron chi connectivity index (χ3n) is 2.83. The molecule has 0 aromatic rings. The van der Waals surface area contributed by atoms with Crippen molar-refractivity contribution >= 4 is 17.8 Å². The molecule has 0 saturated heterocycles. The fourth-order valence-electron chi connectivity index (χ4n) is 2.00. The van der Waals surface area contributed by atoms with Gasteiger partial charge < -0.3 is 5.11 Å². The number of nitrogens with one attached hydrogen (secondary N) is 1. The molecular formula is C12H17N2NaO3. The summed E-state index contributed by atoms with van der Waals surface area (Å²) in [6.07, 6.45) is 2.24. The Labute approximate surface area is 129 Å². The predicted molar refractivity (Wildman–Crippen MR) is 62.4 cm³/mol. The first-order valence-corrected chi connectivity index (χ1v) is 5.68. The molecule has 5 nitrogen and oxygen atoms in total. The quantitative estimate of drug-likeness (QED) is 0.465. The van der Waals surface area contributed by atoms with E-state index in [4.69, 9.17) is 0 Å². The van der Waals surface area contributed by atoms with Gasteiger partial charge in [-0.3, -0.25) is 10.1 Å². The summed E-state index contributed by atoms with van der Waals surface area (Å²) in [7, 11) is 0. The number of aliphatic imine (C=N–C) groups is 1. The molecule has 0 fully saturated rings. The molecule has 0 spiro atoms. The van der Waals surface area contributed by atoms with Crippen LogP contribution in [0, 0.1) is 5.41 Å². The molecule has 0 radical (unpaired) electrons. The smallest absolute Gasteiger partial charge is 0.861 e. The largest absolute Gasteiger partial charge is 1.00 e. The van der Waals surface area contributed by atoms with Crippen LogP contribution in [0.5, 0.6) is 0 Å². The summed E-state index contributed by atoms with van der Waals surface area (Å²) in [6, 6.07) is -0.867. The summed E-state index contributed by atoms with van der Waals surface area (Å²) in [5, 5.41) is 14.0. The Morgan fingerprint density at radius 2 is 2.11 bits per heavy atom. The Morgan fingerprint density at radius 3 is 2.56 bits per heavy atom. The maximum absolute atomic E-state index is 11.9. The maximum Gasteiger partial charge on any atom is 1.00 e. The number of hydrogen-bond donors (Lipinski definition) is 1. The van der Waals surface area contributed by atoms with E-state index in [1.165, 1.54) is 0 Å². The van der Waals surface area contributed by atoms with Crippen LogP contribution in [0.1, 0.15) is 39.5 Å². The maximum atomic E-state index is 11.9. The average Bonchev–Trinajstić information content (AvgIpc) is 2.21. The van der Waals surface area contributed by atoms with Gasteiger partial charge in [-0.05, 0) is 25.7 Å². The number of nitrogens with zero attached hydrogens (tertiary/aromatic N) is 1. The van der Waals surface area contributed by atoms with Crippen LogP contribution in [0.3, 0.4) is 0 Å². The zero-order chi connectivity index (χ0) is 13.1. The Kier molecular flexibility index (Phi) is 6.81. The summed E-state index contributed by atoms with van der Waals surface area (Å²) in [5.74, 6) is -1.18. The van der Waals surface area contributed by atoms with Crippen LogP contribution in [-0.4, -0.2) is 17.8 Å². The second kappa shape index (κ2) is 7.07. The summed E-state index contributed by atoms with van der Waals surface area (Å²) >= 11 is 0. The number of hydrogen-bond acceptors (Lipinski definition) is 3. The summed E-state index contributed by atoms with van der Waals surface area (Å²) in [6.45, 7) is 7.46. The number of amides is 3. The van der Waals surface area contributed by atoms with Gasteiger partial charge in [-0.15, -0.1) is 6.58 Å². The molecule has 1 atom stereocenters. The van der Waals surface area contributed by atoms with E-state index in [1.807, 2.05) is 6.92 Å². The molecule has 94 valence electrons. The Hall–Kier alpha value is -0.650. The van der Waals surface area contributed by atoms with Crippen molar-refractivity contribution in [3.63, 3.8) is 0 Å². The molecule has 0 saturated carbocycles. The standard InChI is InChI=1S/C12H18N2O3.Na/c1-4-5-6-12(7-8(2)3)9(15)13-11(17)14-10(12)16;/h2,4-7H2,1,3H3,(H2,13,14,15,16,17);/q;+1/p-1. The van der Waals surface area contributed by atoms with Crippen LogP contribution in [0.25, 0.3) is 0 Å². The van der Waals surface area contributed by atoms with Crippen molar-refractivity contribution in [1.29, 1.82) is 0 Å². The van der Waals surface area contributed by atoms with Gasteiger partial charge in [0.25, 0.3) is 0 Å². The second-order valence-corrected chi connectivity index (χ2v) is 4.50. The minimum Gasteiger partial charge on any atom is -0.861 e. The van der Waals surface area contributed by atoms with Gasteiger partial charge in [0.2, 0.25) is 5.91 Å². The van der Waals surface area contributed by atoms with Crippen LogP contribution < -0.4 is 40.0 Å². The van der Waals surface area contributed by atoms with E-state index in [0.29, 0.717) is 6.42 Å². The molecule has 18 heavy (non-hydrogen) atoms. The molecule has 1 aliphatic rings. The van der Waals surface area contributed by atoms with E-state index in [0.717, 1.165) is 18.4 Å². The third-order valence-corrected chi connectivity index (χ3v) is 2.83. The molecule has 1 N–H and O–H groups in total. The molecule has 1 heterocycles. The van der Waals surface area contributed by atoms with Crippen LogP contribution in [-0.2, 0) is 4.79 Å². The average molecular weight is 260 g/mol. The molecule has 6 heteroatoms. The first kappa shape index (κ1) is 17.4. The zero-order valence-electron chi connectivity index (χ0n) is 11.2. The number of unbranched alkanes of at least 4 members (excludes halogenated alkanes) is 1. The number of allylic oxidation sites excluding steroid dienone is 1. The van der Waals surface area contributed by atoms with Gasteiger partial charge in [0.1, 0.15) is 0 Å². The van der Waals surface area contributed by atoms with Gasteiger partial charge in [0, 0.05) is 0 Å². The minimum absolute atomic E-state index is 0. The summed E-state index contributed by atoms with van der Waals surface area (Å²) in [5.41, 5.74) is -0.496. The van der Waals surface area contributed by atoms with Gasteiger partial charge in [0.15, 0.2) is 0 Å². The molecule has 0 aromatic heterocycles. The Balaban J connectivity index is 0.00000289. The van der Waals surface area contributed by atoms with Gasteiger partial charge in [-0.1, -0.05) is 25.3 Å². The van der Waals surface area contributed by atoms with Crippen LogP contribution in [0.15, 0.2) is 17.1 Å². The fraction of sp³-hybridized carbons (Fsp3) is 0.583. The van der Waals surface area contributed by atoms with Crippen molar-refractivity contribution in [2.45, 2.75) is 39.5 Å². The van der Waals surface area contributed by atoms with E-state index in [2.05, 4.69) is 16.9 Å². The first-order chi connectivity index (χ1) is 7.92. The van der Waals surface area contributed by atoms with Crippen molar-refractivity contribution in [3.05, 3.63) is 12.2 Å². The predicted octanol–water partition coefficient (Wildman–Crippen LogP) is -1.86. The van der Waals surface area contributed by atoms with E-state index in [-0.39, 0.29) is 36.0 Å². The topological polar surface area (TPSA) is 81.6 Å². The van der Waals surface area contributed by atoms with Gasteiger partial charge in [0.05, 0.1) is 5.41 Å². The molecule has 0 aromatic carbocycles. The molecule has 0 bridgehead atoms. The second-order valence-electron chi connectivity index (χ2n) is 4.50. The van der Waals surface area contributed by atoms with Crippen LogP contribution in [0.2, 0.25) is 0 Å². The first-order valence-electron chi connectivity index (χ1n) is 5.68. The van der Waals surface area contributed by atoms with Gasteiger partial charge >= 0.3 is 35.6 Å². The number of imide groups is 1. The van der Waals surface area contributed by atoms with E-state index >= 15 is 0 Å². The molecule has 1 unspecified atom stereocenters. The van der Waals surface area contributed by atoms with Crippen LogP contribution in [0.4, 0.5) is 4.79 Å². The van der Waals surface area contributed by atoms with Crippen molar-refractivity contribution in [1.82, 2.24) is 5.32 Å². The molecule has 1 aliphatic heterocycles. The van der Waals surface area contributed by atoms with Crippen molar-refractivity contribution in [2.75, 3.05) is 0 Å². The molecular weight excluding hydrogens is 243 g/mol.